The van der Waals surface area contributed by atoms with Gasteiger partial charge in [0.1, 0.15) is 5.75 Å². The standard InChI is InChI=1S/C22H17Cl3N2O3/c23-17-4-1-14(2-5-17)12-26-8-7-15-9-19(6-3-16(15)13-26)30-22-20(24)10-18(27(28)29)11-21(22)25/h1-6,9-11H,7-8,12-13H2. The second kappa shape index (κ2) is 8.82. The number of ether oxygens (including phenoxy) is 1. The van der Waals surface area contributed by atoms with E-state index in [0.717, 1.165) is 31.1 Å². The summed E-state index contributed by atoms with van der Waals surface area (Å²) < 4.78 is 5.86. The van der Waals surface area contributed by atoms with Gasteiger partial charge in [-0.05, 0) is 47.4 Å². The zero-order chi connectivity index (χ0) is 21.3. The van der Waals surface area contributed by atoms with Gasteiger partial charge in [-0.2, -0.15) is 0 Å². The minimum atomic E-state index is -0.545. The van der Waals surface area contributed by atoms with Crippen molar-refractivity contribution in [2.24, 2.45) is 0 Å². The first-order valence-corrected chi connectivity index (χ1v) is 10.4. The van der Waals surface area contributed by atoms with Gasteiger partial charge in [-0.25, -0.2) is 0 Å². The van der Waals surface area contributed by atoms with Crippen LogP contribution in [0.5, 0.6) is 11.5 Å². The molecule has 0 amide bonds. The van der Waals surface area contributed by atoms with Gasteiger partial charge < -0.3 is 4.74 Å². The molecule has 0 fully saturated rings. The van der Waals surface area contributed by atoms with E-state index in [-0.39, 0.29) is 21.5 Å². The summed E-state index contributed by atoms with van der Waals surface area (Å²) in [6, 6.07) is 16.2. The van der Waals surface area contributed by atoms with Crippen LogP contribution in [0.15, 0.2) is 54.6 Å². The van der Waals surface area contributed by atoms with Gasteiger partial charge in [-0.3, -0.25) is 15.0 Å². The number of halogens is 3. The monoisotopic (exact) mass is 462 g/mol. The highest BCUT2D eigenvalue weighted by atomic mass is 35.5. The van der Waals surface area contributed by atoms with Crippen LogP contribution < -0.4 is 4.74 Å². The van der Waals surface area contributed by atoms with E-state index in [1.165, 1.54) is 28.8 Å². The zero-order valence-electron chi connectivity index (χ0n) is 15.8. The maximum absolute atomic E-state index is 10.9. The third-order valence-corrected chi connectivity index (χ3v) is 5.82. The molecule has 8 heteroatoms. The molecule has 1 aliphatic rings. The number of nitrogens with zero attached hydrogens (tertiary/aromatic N) is 2. The fourth-order valence-electron chi connectivity index (χ4n) is 3.50. The first-order valence-electron chi connectivity index (χ1n) is 9.29. The van der Waals surface area contributed by atoms with Crippen molar-refractivity contribution in [1.82, 2.24) is 4.90 Å². The average molecular weight is 464 g/mol. The van der Waals surface area contributed by atoms with E-state index in [1.807, 2.05) is 42.5 Å². The topological polar surface area (TPSA) is 55.6 Å². The van der Waals surface area contributed by atoms with Crippen LogP contribution in [-0.4, -0.2) is 16.4 Å². The second-order valence-electron chi connectivity index (χ2n) is 7.12. The molecule has 1 aliphatic heterocycles. The van der Waals surface area contributed by atoms with Gasteiger partial charge in [-0.1, -0.05) is 53.0 Å². The molecule has 154 valence electrons. The molecule has 0 saturated heterocycles. The molecule has 1 heterocycles. The highest BCUT2D eigenvalue weighted by Crippen LogP contribution is 2.40. The van der Waals surface area contributed by atoms with Gasteiger partial charge in [0.15, 0.2) is 5.75 Å². The number of non-ortho nitro benzene ring substituents is 1. The van der Waals surface area contributed by atoms with E-state index in [4.69, 9.17) is 39.5 Å². The number of benzene rings is 3. The van der Waals surface area contributed by atoms with Crippen molar-refractivity contribution in [2.75, 3.05) is 6.54 Å². The summed E-state index contributed by atoms with van der Waals surface area (Å²) in [5, 5.41) is 11.9. The molecule has 0 radical (unpaired) electrons. The molecule has 5 nitrogen and oxygen atoms in total. The van der Waals surface area contributed by atoms with Crippen molar-refractivity contribution in [3.63, 3.8) is 0 Å². The Labute approximate surface area is 188 Å². The molecule has 4 rings (SSSR count). The molecule has 0 spiro atoms. The lowest BCUT2D eigenvalue weighted by Gasteiger charge is -2.29. The Bertz CT molecular complexity index is 1080. The van der Waals surface area contributed by atoms with Gasteiger partial charge >= 0.3 is 0 Å². The number of nitro groups is 1. The smallest absolute Gasteiger partial charge is 0.272 e. The van der Waals surface area contributed by atoms with Crippen LogP contribution in [0.25, 0.3) is 0 Å². The summed E-state index contributed by atoms with van der Waals surface area (Å²) in [4.78, 5) is 12.8. The summed E-state index contributed by atoms with van der Waals surface area (Å²) in [5.41, 5.74) is 3.49. The molecular formula is C22H17Cl3N2O3. The molecule has 30 heavy (non-hydrogen) atoms. The number of hydrogen-bond acceptors (Lipinski definition) is 4. The Hall–Kier alpha value is -2.31. The first-order chi connectivity index (χ1) is 14.4. The molecular weight excluding hydrogens is 447 g/mol. The van der Waals surface area contributed by atoms with E-state index in [1.54, 1.807) is 0 Å². The van der Waals surface area contributed by atoms with Crippen molar-refractivity contribution in [2.45, 2.75) is 19.5 Å². The fourth-order valence-corrected chi connectivity index (χ4v) is 4.18. The third-order valence-electron chi connectivity index (χ3n) is 5.00. The molecule has 0 bridgehead atoms. The summed E-state index contributed by atoms with van der Waals surface area (Å²) in [5.74, 6) is 0.807. The van der Waals surface area contributed by atoms with E-state index >= 15 is 0 Å². The lowest BCUT2D eigenvalue weighted by atomic mass is 9.99. The lowest BCUT2D eigenvalue weighted by molar-refractivity contribution is -0.384. The number of rotatable bonds is 5. The quantitative estimate of drug-likeness (QED) is 0.305. The van der Waals surface area contributed by atoms with Gasteiger partial charge in [0.05, 0.1) is 15.0 Å². The molecule has 0 aromatic heterocycles. The highest BCUT2D eigenvalue weighted by molar-refractivity contribution is 6.37. The number of fused-ring (bicyclic) bond motifs is 1. The van der Waals surface area contributed by atoms with E-state index in [2.05, 4.69) is 4.90 Å². The Morgan fingerprint density at radius 2 is 1.67 bits per heavy atom. The van der Waals surface area contributed by atoms with Gasteiger partial charge in [0, 0.05) is 36.8 Å². The molecule has 0 N–H and O–H groups in total. The summed E-state index contributed by atoms with van der Waals surface area (Å²) in [6.45, 7) is 2.64. The van der Waals surface area contributed by atoms with E-state index in [9.17, 15) is 10.1 Å². The minimum absolute atomic E-state index is 0.0982. The van der Waals surface area contributed by atoms with Crippen LogP contribution >= 0.6 is 34.8 Å². The SMILES string of the molecule is O=[N+]([O-])c1cc(Cl)c(Oc2ccc3c(c2)CCN(Cc2ccc(Cl)cc2)C3)c(Cl)c1. The summed E-state index contributed by atoms with van der Waals surface area (Å²) in [7, 11) is 0. The molecule has 3 aromatic rings. The van der Waals surface area contributed by atoms with Crippen LogP contribution in [0.2, 0.25) is 15.1 Å². The minimum Gasteiger partial charge on any atom is -0.454 e. The summed E-state index contributed by atoms with van der Waals surface area (Å²) in [6.07, 6.45) is 0.891. The first kappa shape index (κ1) is 20.9. The zero-order valence-corrected chi connectivity index (χ0v) is 18.0. The molecule has 0 aliphatic carbocycles. The van der Waals surface area contributed by atoms with Crippen molar-refractivity contribution in [3.05, 3.63) is 96.5 Å². The molecule has 0 unspecified atom stereocenters. The molecule has 0 atom stereocenters. The lowest BCUT2D eigenvalue weighted by Crippen LogP contribution is -2.30. The van der Waals surface area contributed by atoms with Crippen molar-refractivity contribution in [1.29, 1.82) is 0 Å². The van der Waals surface area contributed by atoms with Crippen molar-refractivity contribution < 1.29 is 9.66 Å². The van der Waals surface area contributed by atoms with E-state index in [0.29, 0.717) is 5.75 Å². The largest absolute Gasteiger partial charge is 0.454 e. The average Bonchev–Trinajstić information content (AvgIpc) is 2.72. The molecule has 3 aromatic carbocycles. The van der Waals surface area contributed by atoms with Crippen LogP contribution in [0.3, 0.4) is 0 Å². The maximum atomic E-state index is 10.9. The van der Waals surface area contributed by atoms with Crippen LogP contribution in [0.1, 0.15) is 16.7 Å². The van der Waals surface area contributed by atoms with Crippen molar-refractivity contribution >= 4 is 40.5 Å². The van der Waals surface area contributed by atoms with E-state index < -0.39 is 4.92 Å². The number of hydrogen-bond donors (Lipinski definition) is 0. The van der Waals surface area contributed by atoms with Crippen LogP contribution in [0.4, 0.5) is 5.69 Å². The summed E-state index contributed by atoms with van der Waals surface area (Å²) >= 11 is 18.3. The predicted octanol–water partition coefficient (Wildman–Crippen LogP) is 6.91. The third kappa shape index (κ3) is 4.71. The van der Waals surface area contributed by atoms with Crippen LogP contribution in [-0.2, 0) is 19.5 Å². The predicted molar refractivity (Wildman–Crippen MR) is 119 cm³/mol. The highest BCUT2D eigenvalue weighted by Gasteiger charge is 2.19. The fraction of sp³-hybridized carbons (Fsp3) is 0.182. The maximum Gasteiger partial charge on any atom is 0.272 e. The molecule has 0 saturated carbocycles. The van der Waals surface area contributed by atoms with Crippen molar-refractivity contribution in [3.8, 4) is 11.5 Å². The van der Waals surface area contributed by atoms with Gasteiger partial charge in [0.25, 0.3) is 5.69 Å². The normalized spacial score (nSPS) is 13.7. The second-order valence-corrected chi connectivity index (χ2v) is 8.37. The van der Waals surface area contributed by atoms with Crippen LogP contribution in [0, 0.1) is 10.1 Å². The van der Waals surface area contributed by atoms with Gasteiger partial charge in [0.2, 0.25) is 0 Å². The Morgan fingerprint density at radius 1 is 0.967 bits per heavy atom. The Balaban J connectivity index is 1.48. The number of nitro benzene ring substituents is 1. The Kier molecular flexibility index (Phi) is 6.16. The van der Waals surface area contributed by atoms with Gasteiger partial charge in [-0.15, -0.1) is 0 Å². The Morgan fingerprint density at radius 3 is 2.33 bits per heavy atom.